The topological polar surface area (TPSA) is 97.9 Å². The van der Waals surface area contributed by atoms with Gasteiger partial charge in [0.15, 0.2) is 11.6 Å². The summed E-state index contributed by atoms with van der Waals surface area (Å²) in [6.45, 7) is 2.60. The van der Waals surface area contributed by atoms with Gasteiger partial charge >= 0.3 is 0 Å². The van der Waals surface area contributed by atoms with E-state index in [1.54, 1.807) is 10.9 Å². The molecule has 0 saturated heterocycles. The summed E-state index contributed by atoms with van der Waals surface area (Å²) in [7, 11) is 0. The van der Waals surface area contributed by atoms with E-state index in [-0.39, 0.29) is 11.4 Å². The molecule has 0 bridgehead atoms. The number of carbonyl (C=O) groups excluding carboxylic acids is 1. The van der Waals surface area contributed by atoms with Crippen molar-refractivity contribution in [1.82, 2.24) is 14.8 Å². The monoisotopic (exact) mass is 264 g/mol. The van der Waals surface area contributed by atoms with Crippen molar-refractivity contribution in [2.45, 2.75) is 13.5 Å². The van der Waals surface area contributed by atoms with E-state index in [4.69, 9.17) is 5.84 Å². The number of amides is 1. The molecule has 2 rings (SSSR count). The normalized spacial score (nSPS) is 10.3. The SMILES string of the molecule is CCn1cc(NC(=O)c2ccnc(NN)c2F)cn1. The fourth-order valence-electron chi connectivity index (χ4n) is 1.52. The van der Waals surface area contributed by atoms with Crippen LogP contribution in [-0.2, 0) is 6.54 Å². The molecule has 2 heterocycles. The Morgan fingerprint density at radius 1 is 1.58 bits per heavy atom. The molecule has 8 heteroatoms. The van der Waals surface area contributed by atoms with E-state index in [0.29, 0.717) is 12.2 Å². The molecule has 0 unspecified atom stereocenters. The second-order valence-electron chi connectivity index (χ2n) is 3.70. The van der Waals surface area contributed by atoms with E-state index >= 15 is 0 Å². The summed E-state index contributed by atoms with van der Waals surface area (Å²) < 4.78 is 15.5. The van der Waals surface area contributed by atoms with Crippen LogP contribution in [0.5, 0.6) is 0 Å². The average Bonchev–Trinajstić information content (AvgIpc) is 2.86. The van der Waals surface area contributed by atoms with Gasteiger partial charge in [0.2, 0.25) is 0 Å². The van der Waals surface area contributed by atoms with Gasteiger partial charge in [-0.2, -0.15) is 5.10 Å². The number of carbonyl (C=O) groups is 1. The predicted molar refractivity (Wildman–Crippen MR) is 67.9 cm³/mol. The number of aromatic nitrogens is 3. The van der Waals surface area contributed by atoms with Gasteiger partial charge in [0.05, 0.1) is 17.4 Å². The molecule has 7 nitrogen and oxygen atoms in total. The third-order valence-corrected chi connectivity index (χ3v) is 2.49. The van der Waals surface area contributed by atoms with Crippen LogP contribution in [0.1, 0.15) is 17.3 Å². The number of hydrogen-bond acceptors (Lipinski definition) is 5. The number of rotatable bonds is 4. The Hall–Kier alpha value is -2.48. The molecule has 2 aromatic heterocycles. The zero-order chi connectivity index (χ0) is 13.8. The molecular formula is C11H13FN6O. The van der Waals surface area contributed by atoms with E-state index < -0.39 is 11.7 Å². The van der Waals surface area contributed by atoms with Crippen LogP contribution in [0.3, 0.4) is 0 Å². The number of pyridine rings is 1. The number of nitrogens with zero attached hydrogens (tertiary/aromatic N) is 3. The highest BCUT2D eigenvalue weighted by Crippen LogP contribution is 2.15. The lowest BCUT2D eigenvalue weighted by Gasteiger charge is -2.06. The van der Waals surface area contributed by atoms with Crippen molar-refractivity contribution in [1.29, 1.82) is 0 Å². The highest BCUT2D eigenvalue weighted by Gasteiger charge is 2.16. The van der Waals surface area contributed by atoms with E-state index in [1.165, 1.54) is 18.5 Å². The molecule has 0 radical (unpaired) electrons. The molecule has 0 aliphatic heterocycles. The van der Waals surface area contributed by atoms with Crippen molar-refractivity contribution in [3.63, 3.8) is 0 Å². The second kappa shape index (κ2) is 5.44. The summed E-state index contributed by atoms with van der Waals surface area (Å²) in [5, 5.41) is 6.55. The smallest absolute Gasteiger partial charge is 0.258 e. The summed E-state index contributed by atoms with van der Waals surface area (Å²) in [5.74, 6) is 3.52. The van der Waals surface area contributed by atoms with Crippen LogP contribution >= 0.6 is 0 Å². The van der Waals surface area contributed by atoms with Gasteiger partial charge in [-0.15, -0.1) is 0 Å². The zero-order valence-electron chi connectivity index (χ0n) is 10.2. The van der Waals surface area contributed by atoms with Crippen LogP contribution in [0, 0.1) is 5.82 Å². The van der Waals surface area contributed by atoms with Crippen LogP contribution in [-0.4, -0.2) is 20.7 Å². The number of nitrogen functional groups attached to an aromatic ring is 1. The van der Waals surface area contributed by atoms with Crippen molar-refractivity contribution in [3.05, 3.63) is 36.0 Å². The molecule has 4 N–H and O–H groups in total. The molecule has 0 fully saturated rings. The maximum absolute atomic E-state index is 13.8. The molecule has 1 amide bonds. The molecule has 0 atom stereocenters. The van der Waals surface area contributed by atoms with Crippen molar-refractivity contribution >= 4 is 17.4 Å². The Balaban J connectivity index is 2.20. The third-order valence-electron chi connectivity index (χ3n) is 2.49. The summed E-state index contributed by atoms with van der Waals surface area (Å²) in [4.78, 5) is 15.6. The molecule has 2 aromatic rings. The molecule has 0 saturated carbocycles. The number of nitrogens with one attached hydrogen (secondary N) is 2. The van der Waals surface area contributed by atoms with Gasteiger partial charge in [-0.1, -0.05) is 0 Å². The maximum atomic E-state index is 13.8. The number of hydrogen-bond donors (Lipinski definition) is 3. The third kappa shape index (κ3) is 2.68. The van der Waals surface area contributed by atoms with Crippen LogP contribution in [0.4, 0.5) is 15.9 Å². The fourth-order valence-corrected chi connectivity index (χ4v) is 1.52. The first kappa shape index (κ1) is 13.0. The van der Waals surface area contributed by atoms with Gasteiger partial charge in [-0.05, 0) is 13.0 Å². The standard InChI is InChI=1S/C11H13FN6O/c1-2-18-6-7(5-15-18)16-11(19)8-3-4-14-10(17-13)9(8)12/h3-6H,2,13H2,1H3,(H,14,17)(H,16,19). The van der Waals surface area contributed by atoms with Gasteiger partial charge in [0.25, 0.3) is 5.91 Å². The van der Waals surface area contributed by atoms with Crippen LogP contribution in [0.15, 0.2) is 24.7 Å². The number of halogens is 1. The summed E-state index contributed by atoms with van der Waals surface area (Å²) in [6.07, 6.45) is 4.43. The molecule has 0 aliphatic carbocycles. The Kier molecular flexibility index (Phi) is 3.71. The molecule has 0 spiro atoms. The Morgan fingerprint density at radius 3 is 3.00 bits per heavy atom. The lowest BCUT2D eigenvalue weighted by Crippen LogP contribution is -2.17. The Bertz CT molecular complexity index is 597. The number of aryl methyl sites for hydroxylation is 1. The van der Waals surface area contributed by atoms with Crippen LogP contribution < -0.4 is 16.6 Å². The van der Waals surface area contributed by atoms with Crippen molar-refractivity contribution in [3.8, 4) is 0 Å². The van der Waals surface area contributed by atoms with E-state index in [0.717, 1.165) is 0 Å². The minimum atomic E-state index is -0.801. The molecule has 0 aromatic carbocycles. The van der Waals surface area contributed by atoms with Gasteiger partial charge in [0.1, 0.15) is 0 Å². The Morgan fingerprint density at radius 2 is 2.37 bits per heavy atom. The lowest BCUT2D eigenvalue weighted by molar-refractivity contribution is 0.102. The van der Waals surface area contributed by atoms with Gasteiger partial charge in [0, 0.05) is 18.9 Å². The van der Waals surface area contributed by atoms with Gasteiger partial charge in [-0.3, -0.25) is 9.48 Å². The van der Waals surface area contributed by atoms with E-state index in [9.17, 15) is 9.18 Å². The maximum Gasteiger partial charge on any atom is 0.258 e. The molecule has 19 heavy (non-hydrogen) atoms. The van der Waals surface area contributed by atoms with Crippen LogP contribution in [0.25, 0.3) is 0 Å². The quantitative estimate of drug-likeness (QED) is 0.564. The second-order valence-corrected chi connectivity index (χ2v) is 3.70. The number of nitrogens with two attached hydrogens (primary N) is 1. The van der Waals surface area contributed by atoms with E-state index in [1.807, 2.05) is 6.92 Å². The van der Waals surface area contributed by atoms with Gasteiger partial charge in [-0.25, -0.2) is 15.2 Å². The minimum Gasteiger partial charge on any atom is -0.319 e. The number of anilines is 2. The Labute approximate surface area is 108 Å². The first-order valence-corrected chi connectivity index (χ1v) is 5.60. The summed E-state index contributed by atoms with van der Waals surface area (Å²) in [5.41, 5.74) is 2.43. The van der Waals surface area contributed by atoms with Crippen molar-refractivity contribution < 1.29 is 9.18 Å². The highest BCUT2D eigenvalue weighted by atomic mass is 19.1. The largest absolute Gasteiger partial charge is 0.319 e. The number of hydrazine groups is 1. The summed E-state index contributed by atoms with van der Waals surface area (Å²) >= 11 is 0. The van der Waals surface area contributed by atoms with Crippen LogP contribution in [0.2, 0.25) is 0 Å². The highest BCUT2D eigenvalue weighted by molar-refractivity contribution is 6.04. The zero-order valence-corrected chi connectivity index (χ0v) is 10.2. The fraction of sp³-hybridized carbons (Fsp3) is 0.182. The lowest BCUT2D eigenvalue weighted by atomic mass is 10.2. The average molecular weight is 264 g/mol. The van der Waals surface area contributed by atoms with E-state index in [2.05, 4.69) is 20.8 Å². The minimum absolute atomic E-state index is 0.146. The summed E-state index contributed by atoms with van der Waals surface area (Å²) in [6, 6.07) is 1.27. The van der Waals surface area contributed by atoms with Gasteiger partial charge < -0.3 is 10.7 Å². The first-order valence-electron chi connectivity index (χ1n) is 5.60. The molecular weight excluding hydrogens is 251 g/mol. The van der Waals surface area contributed by atoms with Crippen molar-refractivity contribution in [2.24, 2.45) is 5.84 Å². The molecule has 100 valence electrons. The molecule has 0 aliphatic rings. The van der Waals surface area contributed by atoms with Crippen molar-refractivity contribution in [2.75, 3.05) is 10.7 Å². The first-order chi connectivity index (χ1) is 9.15. The predicted octanol–water partition coefficient (Wildman–Crippen LogP) is 0.975.